The maximum absolute atomic E-state index is 4.64. The van der Waals surface area contributed by atoms with Crippen molar-refractivity contribution in [2.75, 3.05) is 12.4 Å². The van der Waals surface area contributed by atoms with Crippen molar-refractivity contribution < 1.29 is 0 Å². The van der Waals surface area contributed by atoms with Crippen molar-refractivity contribution >= 4 is 5.82 Å². The predicted molar refractivity (Wildman–Crippen MR) is 68.9 cm³/mol. The van der Waals surface area contributed by atoms with Gasteiger partial charge in [-0.15, -0.1) is 0 Å². The average Bonchev–Trinajstić information content (AvgIpc) is 2.24. The Morgan fingerprint density at radius 2 is 1.94 bits per heavy atom. The lowest BCUT2D eigenvalue weighted by molar-refractivity contribution is 0.541. The molecule has 1 N–H and O–H groups in total. The van der Waals surface area contributed by atoms with Gasteiger partial charge in [-0.05, 0) is 12.8 Å². The molecule has 1 aromatic rings. The summed E-state index contributed by atoms with van der Waals surface area (Å²) in [5.74, 6) is 1.84. The van der Waals surface area contributed by atoms with Crippen LogP contribution in [0, 0.1) is 0 Å². The molecule has 0 saturated heterocycles. The Labute approximate surface area is 98.7 Å². The van der Waals surface area contributed by atoms with Crippen LogP contribution >= 0.6 is 0 Å². The SMILES string of the molecule is CCCCc1cc(NC)nc(C(C)(C)C)n1. The molecule has 0 bridgehead atoms. The second-order valence-corrected chi connectivity index (χ2v) is 5.17. The fourth-order valence-corrected chi connectivity index (χ4v) is 1.45. The minimum Gasteiger partial charge on any atom is -0.373 e. The summed E-state index contributed by atoms with van der Waals surface area (Å²) in [7, 11) is 1.90. The van der Waals surface area contributed by atoms with Crippen LogP contribution in [0.15, 0.2) is 6.07 Å². The van der Waals surface area contributed by atoms with Gasteiger partial charge in [-0.3, -0.25) is 0 Å². The van der Waals surface area contributed by atoms with Crippen LogP contribution < -0.4 is 5.32 Å². The molecule has 3 heteroatoms. The van der Waals surface area contributed by atoms with E-state index < -0.39 is 0 Å². The van der Waals surface area contributed by atoms with Crippen molar-refractivity contribution in [2.45, 2.75) is 52.4 Å². The van der Waals surface area contributed by atoms with Crippen LogP contribution in [-0.2, 0) is 11.8 Å². The highest BCUT2D eigenvalue weighted by Crippen LogP contribution is 2.20. The Morgan fingerprint density at radius 1 is 1.25 bits per heavy atom. The quantitative estimate of drug-likeness (QED) is 0.848. The second-order valence-electron chi connectivity index (χ2n) is 5.17. The number of nitrogens with one attached hydrogen (secondary N) is 1. The first-order chi connectivity index (χ1) is 7.47. The maximum Gasteiger partial charge on any atom is 0.136 e. The van der Waals surface area contributed by atoms with E-state index in [1.165, 1.54) is 12.8 Å². The predicted octanol–water partition coefficient (Wildman–Crippen LogP) is 3.16. The molecule has 1 rings (SSSR count). The smallest absolute Gasteiger partial charge is 0.136 e. The van der Waals surface area contributed by atoms with Gasteiger partial charge >= 0.3 is 0 Å². The van der Waals surface area contributed by atoms with Gasteiger partial charge in [0.25, 0.3) is 0 Å². The molecule has 0 aliphatic carbocycles. The van der Waals surface area contributed by atoms with Gasteiger partial charge in [-0.2, -0.15) is 0 Å². The van der Waals surface area contributed by atoms with E-state index in [4.69, 9.17) is 0 Å². The van der Waals surface area contributed by atoms with Gasteiger partial charge in [0.1, 0.15) is 11.6 Å². The first-order valence-electron chi connectivity index (χ1n) is 6.03. The van der Waals surface area contributed by atoms with Gasteiger partial charge in [-0.25, -0.2) is 9.97 Å². The van der Waals surface area contributed by atoms with Crippen molar-refractivity contribution in [3.8, 4) is 0 Å². The summed E-state index contributed by atoms with van der Waals surface area (Å²) in [6.45, 7) is 8.63. The van der Waals surface area contributed by atoms with E-state index >= 15 is 0 Å². The highest BCUT2D eigenvalue weighted by molar-refractivity contribution is 5.36. The number of anilines is 1. The highest BCUT2D eigenvalue weighted by atomic mass is 15.0. The van der Waals surface area contributed by atoms with Crippen LogP contribution in [0.3, 0.4) is 0 Å². The van der Waals surface area contributed by atoms with Gasteiger partial charge in [0.2, 0.25) is 0 Å². The number of nitrogens with zero attached hydrogens (tertiary/aromatic N) is 2. The largest absolute Gasteiger partial charge is 0.373 e. The van der Waals surface area contributed by atoms with Crippen molar-refractivity contribution in [1.29, 1.82) is 0 Å². The molecule has 0 unspecified atom stereocenters. The molecule has 0 aromatic carbocycles. The molecule has 16 heavy (non-hydrogen) atoms. The second kappa shape index (κ2) is 5.28. The fourth-order valence-electron chi connectivity index (χ4n) is 1.45. The van der Waals surface area contributed by atoms with Gasteiger partial charge in [0.15, 0.2) is 0 Å². The summed E-state index contributed by atoms with van der Waals surface area (Å²) in [6, 6.07) is 2.05. The highest BCUT2D eigenvalue weighted by Gasteiger charge is 2.18. The van der Waals surface area contributed by atoms with Crippen LogP contribution in [0.1, 0.15) is 52.1 Å². The van der Waals surface area contributed by atoms with Crippen LogP contribution in [-0.4, -0.2) is 17.0 Å². The Hall–Kier alpha value is -1.12. The summed E-state index contributed by atoms with van der Waals surface area (Å²) in [6.07, 6.45) is 3.42. The molecular formula is C13H23N3. The zero-order valence-corrected chi connectivity index (χ0v) is 11.1. The van der Waals surface area contributed by atoms with Gasteiger partial charge in [0, 0.05) is 24.2 Å². The molecule has 1 aromatic heterocycles. The van der Waals surface area contributed by atoms with Gasteiger partial charge in [-0.1, -0.05) is 34.1 Å². The van der Waals surface area contributed by atoms with Crippen LogP contribution in [0.5, 0.6) is 0 Å². The number of hydrogen-bond acceptors (Lipinski definition) is 3. The molecule has 0 atom stereocenters. The first-order valence-corrected chi connectivity index (χ1v) is 6.03. The molecule has 0 aliphatic heterocycles. The van der Waals surface area contributed by atoms with Crippen molar-refractivity contribution in [3.05, 3.63) is 17.6 Å². The number of aryl methyl sites for hydroxylation is 1. The minimum absolute atomic E-state index is 0.00776. The third kappa shape index (κ3) is 3.47. The molecule has 90 valence electrons. The summed E-state index contributed by atoms with van der Waals surface area (Å²) in [5.41, 5.74) is 1.15. The number of hydrogen-bond donors (Lipinski definition) is 1. The molecule has 3 nitrogen and oxygen atoms in total. The lowest BCUT2D eigenvalue weighted by atomic mass is 9.95. The third-order valence-electron chi connectivity index (χ3n) is 2.49. The van der Waals surface area contributed by atoms with Crippen LogP contribution in [0.4, 0.5) is 5.82 Å². The Kier molecular flexibility index (Phi) is 4.27. The standard InChI is InChI=1S/C13H23N3/c1-6-7-8-10-9-11(14-5)16-12(15-10)13(2,3)4/h9H,6-8H2,1-5H3,(H,14,15,16). The lowest BCUT2D eigenvalue weighted by Crippen LogP contribution is -2.18. The number of rotatable bonds is 4. The monoisotopic (exact) mass is 221 g/mol. The van der Waals surface area contributed by atoms with E-state index in [0.29, 0.717) is 0 Å². The zero-order valence-electron chi connectivity index (χ0n) is 11.1. The normalized spacial score (nSPS) is 11.6. The molecule has 0 radical (unpaired) electrons. The number of aromatic nitrogens is 2. The third-order valence-corrected chi connectivity index (χ3v) is 2.49. The van der Waals surface area contributed by atoms with Crippen molar-refractivity contribution in [3.63, 3.8) is 0 Å². The molecule has 0 fully saturated rings. The van der Waals surface area contributed by atoms with Crippen LogP contribution in [0.2, 0.25) is 0 Å². The van der Waals surface area contributed by atoms with E-state index in [2.05, 4.69) is 43.0 Å². The lowest BCUT2D eigenvalue weighted by Gasteiger charge is -2.18. The Bertz CT molecular complexity index is 340. The summed E-state index contributed by atoms with van der Waals surface area (Å²) < 4.78 is 0. The van der Waals surface area contributed by atoms with Crippen molar-refractivity contribution in [1.82, 2.24) is 9.97 Å². The zero-order chi connectivity index (χ0) is 12.2. The fraction of sp³-hybridized carbons (Fsp3) is 0.692. The molecule has 1 heterocycles. The minimum atomic E-state index is 0.00776. The van der Waals surface area contributed by atoms with E-state index in [9.17, 15) is 0 Å². The summed E-state index contributed by atoms with van der Waals surface area (Å²) >= 11 is 0. The van der Waals surface area contributed by atoms with E-state index in [0.717, 1.165) is 23.8 Å². The van der Waals surface area contributed by atoms with Crippen LogP contribution in [0.25, 0.3) is 0 Å². The molecule has 0 saturated carbocycles. The average molecular weight is 221 g/mol. The van der Waals surface area contributed by atoms with Gasteiger partial charge in [0.05, 0.1) is 0 Å². The van der Waals surface area contributed by atoms with E-state index in [1.54, 1.807) is 0 Å². The van der Waals surface area contributed by atoms with Crippen molar-refractivity contribution in [2.24, 2.45) is 0 Å². The molecule has 0 amide bonds. The first kappa shape index (κ1) is 12.9. The van der Waals surface area contributed by atoms with E-state index in [-0.39, 0.29) is 5.41 Å². The summed E-state index contributed by atoms with van der Waals surface area (Å²) in [5, 5.41) is 3.11. The number of unbranched alkanes of at least 4 members (excludes halogenated alkanes) is 1. The molecule has 0 aliphatic rings. The Balaban J connectivity index is 3.01. The molecule has 0 spiro atoms. The Morgan fingerprint density at radius 3 is 2.44 bits per heavy atom. The molecular weight excluding hydrogens is 198 g/mol. The van der Waals surface area contributed by atoms with E-state index in [1.807, 2.05) is 13.1 Å². The summed E-state index contributed by atoms with van der Waals surface area (Å²) in [4.78, 5) is 9.15. The topological polar surface area (TPSA) is 37.8 Å². The maximum atomic E-state index is 4.64. The van der Waals surface area contributed by atoms with Gasteiger partial charge < -0.3 is 5.32 Å².